The highest BCUT2D eigenvalue weighted by Gasteiger charge is 2.29. The number of anilines is 1. The van der Waals surface area contributed by atoms with Crippen molar-refractivity contribution in [2.24, 2.45) is 0 Å². The molecular formula is C26H19FN6O3S. The predicted molar refractivity (Wildman–Crippen MR) is 137 cm³/mol. The zero-order valence-electron chi connectivity index (χ0n) is 19.4. The van der Waals surface area contributed by atoms with Gasteiger partial charge < -0.3 is 10.7 Å². The molecule has 3 heterocycles. The van der Waals surface area contributed by atoms with Gasteiger partial charge in [0.25, 0.3) is 10.0 Å². The number of fused-ring (bicyclic) bond motifs is 2. The van der Waals surface area contributed by atoms with Gasteiger partial charge in [-0.3, -0.25) is 4.79 Å². The summed E-state index contributed by atoms with van der Waals surface area (Å²) in [6.07, 6.45) is 1.20. The fourth-order valence-corrected chi connectivity index (χ4v) is 5.95. The second kappa shape index (κ2) is 8.14. The first-order chi connectivity index (χ1) is 17.8. The van der Waals surface area contributed by atoms with Crippen LogP contribution >= 0.6 is 0 Å². The Morgan fingerprint density at radius 3 is 2.54 bits per heavy atom. The number of halogens is 1. The first kappa shape index (κ1) is 22.7. The third kappa shape index (κ3) is 3.51. The van der Waals surface area contributed by atoms with Crippen LogP contribution in [0.15, 0.2) is 83.9 Å². The summed E-state index contributed by atoms with van der Waals surface area (Å²) in [6.45, 7) is 1.75. The largest absolute Gasteiger partial charge is 0.383 e. The summed E-state index contributed by atoms with van der Waals surface area (Å²) < 4.78 is 44.3. The van der Waals surface area contributed by atoms with E-state index in [9.17, 15) is 17.6 Å². The lowest BCUT2D eigenvalue weighted by atomic mass is 10.1. The van der Waals surface area contributed by atoms with E-state index in [-0.39, 0.29) is 27.7 Å². The van der Waals surface area contributed by atoms with Crippen molar-refractivity contribution in [1.82, 2.24) is 23.7 Å². The van der Waals surface area contributed by atoms with Gasteiger partial charge in [0.15, 0.2) is 5.82 Å². The van der Waals surface area contributed by atoms with Crippen molar-refractivity contribution in [1.29, 1.82) is 0 Å². The number of nitrogens with zero attached hydrogens (tertiary/aromatic N) is 4. The highest BCUT2D eigenvalue weighted by molar-refractivity contribution is 7.90. The number of imidazole rings is 1. The molecule has 6 rings (SSSR count). The number of rotatable bonds is 5. The maximum absolute atomic E-state index is 14.9. The minimum Gasteiger partial charge on any atom is -0.383 e. The zero-order valence-corrected chi connectivity index (χ0v) is 20.2. The zero-order chi connectivity index (χ0) is 25.9. The highest BCUT2D eigenvalue weighted by Crippen LogP contribution is 2.30. The van der Waals surface area contributed by atoms with Crippen LogP contribution in [0.3, 0.4) is 0 Å². The number of nitrogen functional groups attached to an aromatic ring is 1. The predicted octanol–water partition coefficient (Wildman–Crippen LogP) is 4.20. The summed E-state index contributed by atoms with van der Waals surface area (Å²) in [5, 5.41) is 4.70. The third-order valence-electron chi connectivity index (χ3n) is 6.13. The minimum atomic E-state index is -4.14. The highest BCUT2D eigenvalue weighted by atomic mass is 32.2. The average molecular weight is 515 g/mol. The summed E-state index contributed by atoms with van der Waals surface area (Å²) in [7, 11) is -4.14. The van der Waals surface area contributed by atoms with Gasteiger partial charge >= 0.3 is 0 Å². The van der Waals surface area contributed by atoms with Crippen LogP contribution in [0.2, 0.25) is 0 Å². The number of carbonyl (C=O) groups excluding carboxylic acids is 1. The number of aryl methyl sites for hydroxylation is 1. The fraction of sp³-hybridized carbons (Fsp3) is 0.0385. The molecule has 3 N–H and O–H groups in total. The number of aromatic amines is 1. The number of aromatic nitrogens is 5. The van der Waals surface area contributed by atoms with Crippen LogP contribution in [-0.4, -0.2) is 37.9 Å². The van der Waals surface area contributed by atoms with Gasteiger partial charge in [-0.15, -0.1) is 0 Å². The van der Waals surface area contributed by atoms with Crippen molar-refractivity contribution in [2.45, 2.75) is 11.8 Å². The molecule has 0 aliphatic carbocycles. The molecule has 0 bridgehead atoms. The molecule has 0 spiro atoms. The summed E-state index contributed by atoms with van der Waals surface area (Å²) in [4.78, 5) is 21.0. The molecule has 0 amide bonds. The average Bonchev–Trinajstić information content (AvgIpc) is 3.57. The second-order valence-corrected chi connectivity index (χ2v) is 10.3. The van der Waals surface area contributed by atoms with Crippen LogP contribution in [0.4, 0.5) is 10.2 Å². The number of hydrogen-bond donors (Lipinski definition) is 2. The number of para-hydroxylation sites is 1. The molecule has 3 aromatic carbocycles. The van der Waals surface area contributed by atoms with Crippen molar-refractivity contribution in [2.75, 3.05) is 5.73 Å². The quantitative estimate of drug-likeness (QED) is 0.332. The SMILES string of the molecule is Cc1nc2cc(-n3ncc(C(=O)c4cc5ccccc5n4S(=O)(=O)c4ccccc4)c3N)c(F)cc2[nH]1. The molecule has 0 saturated heterocycles. The maximum Gasteiger partial charge on any atom is 0.268 e. The topological polar surface area (TPSA) is 129 Å². The monoisotopic (exact) mass is 514 g/mol. The number of carbonyl (C=O) groups is 1. The lowest BCUT2D eigenvalue weighted by Gasteiger charge is -2.11. The Balaban J connectivity index is 1.51. The van der Waals surface area contributed by atoms with Gasteiger partial charge in [0, 0.05) is 11.5 Å². The van der Waals surface area contributed by atoms with E-state index in [2.05, 4.69) is 15.1 Å². The van der Waals surface area contributed by atoms with Crippen LogP contribution in [0.5, 0.6) is 0 Å². The first-order valence-corrected chi connectivity index (χ1v) is 12.7. The standard InChI is InChI=1S/C26H19FN6O3S/c1-15-30-20-12-19(27)23(13-21(20)31-15)32-26(28)18(14-29-32)25(34)24-11-16-7-5-6-10-22(16)33(24)37(35,36)17-8-3-2-4-9-17/h2-14H,28H2,1H3,(H,30,31). The Kier molecular flexibility index (Phi) is 4.99. The number of nitrogens with two attached hydrogens (primary N) is 1. The Labute approximate surface area is 210 Å². The van der Waals surface area contributed by atoms with E-state index in [4.69, 9.17) is 5.73 Å². The first-order valence-electron chi connectivity index (χ1n) is 11.2. The maximum atomic E-state index is 14.9. The molecule has 11 heteroatoms. The number of benzene rings is 3. The van der Waals surface area contributed by atoms with Crippen molar-refractivity contribution < 1.29 is 17.6 Å². The molecule has 3 aromatic heterocycles. The van der Waals surface area contributed by atoms with Crippen molar-refractivity contribution in [3.8, 4) is 5.69 Å². The van der Waals surface area contributed by atoms with Gasteiger partial charge in [-0.05, 0) is 37.3 Å². The molecule has 0 atom stereocenters. The van der Waals surface area contributed by atoms with Gasteiger partial charge in [-0.1, -0.05) is 36.4 Å². The third-order valence-corrected chi connectivity index (χ3v) is 7.87. The molecule has 0 aliphatic heterocycles. The van der Waals surface area contributed by atoms with Crippen molar-refractivity contribution in [3.05, 3.63) is 102 Å². The molecular weight excluding hydrogens is 495 g/mol. The Morgan fingerprint density at radius 1 is 1.03 bits per heavy atom. The molecule has 0 fully saturated rings. The Bertz CT molecular complexity index is 1950. The van der Waals surface area contributed by atoms with Crippen molar-refractivity contribution >= 4 is 43.6 Å². The summed E-state index contributed by atoms with van der Waals surface area (Å²) in [5.74, 6) is -0.810. The summed E-state index contributed by atoms with van der Waals surface area (Å²) >= 11 is 0. The van der Waals surface area contributed by atoms with Crippen LogP contribution in [0.25, 0.3) is 27.6 Å². The minimum absolute atomic E-state index is 0.00741. The van der Waals surface area contributed by atoms with E-state index in [0.29, 0.717) is 27.8 Å². The molecule has 184 valence electrons. The van der Waals surface area contributed by atoms with Crippen LogP contribution in [0.1, 0.15) is 21.9 Å². The molecule has 37 heavy (non-hydrogen) atoms. The number of H-pyrrole nitrogens is 1. The lowest BCUT2D eigenvalue weighted by molar-refractivity contribution is 0.103. The van der Waals surface area contributed by atoms with E-state index in [1.165, 1.54) is 36.5 Å². The van der Waals surface area contributed by atoms with E-state index in [1.807, 2.05) is 0 Å². The Hall–Kier alpha value is -4.77. The van der Waals surface area contributed by atoms with Gasteiger partial charge in [0.1, 0.15) is 23.0 Å². The second-order valence-electron chi connectivity index (χ2n) is 8.50. The number of nitrogens with one attached hydrogen (secondary N) is 1. The van der Waals surface area contributed by atoms with E-state index in [0.717, 1.165) is 8.65 Å². The normalized spacial score (nSPS) is 11.9. The lowest BCUT2D eigenvalue weighted by Crippen LogP contribution is -2.19. The van der Waals surface area contributed by atoms with Gasteiger partial charge in [-0.2, -0.15) is 5.10 Å². The van der Waals surface area contributed by atoms with Crippen LogP contribution in [0, 0.1) is 12.7 Å². The molecule has 6 aromatic rings. The van der Waals surface area contributed by atoms with Gasteiger partial charge in [-0.25, -0.2) is 26.4 Å². The van der Waals surface area contributed by atoms with E-state index < -0.39 is 21.6 Å². The summed E-state index contributed by atoms with van der Waals surface area (Å²) in [6, 6.07) is 18.8. The van der Waals surface area contributed by atoms with E-state index >= 15 is 0 Å². The van der Waals surface area contributed by atoms with Crippen molar-refractivity contribution in [3.63, 3.8) is 0 Å². The Morgan fingerprint density at radius 2 is 1.76 bits per heavy atom. The molecule has 0 radical (unpaired) electrons. The molecule has 0 unspecified atom stereocenters. The van der Waals surface area contributed by atoms with E-state index in [1.54, 1.807) is 49.4 Å². The smallest absolute Gasteiger partial charge is 0.268 e. The van der Waals surface area contributed by atoms with Gasteiger partial charge in [0.05, 0.1) is 33.2 Å². The van der Waals surface area contributed by atoms with Gasteiger partial charge in [0.2, 0.25) is 5.78 Å². The number of ketones is 1. The fourth-order valence-electron chi connectivity index (χ4n) is 4.42. The summed E-state index contributed by atoms with van der Waals surface area (Å²) in [5.41, 5.74) is 7.46. The molecule has 9 nitrogen and oxygen atoms in total. The number of hydrogen-bond acceptors (Lipinski definition) is 6. The van der Waals surface area contributed by atoms with Crippen LogP contribution < -0.4 is 5.73 Å². The molecule has 0 saturated carbocycles. The molecule has 0 aliphatic rings. The van der Waals surface area contributed by atoms with Crippen LogP contribution in [-0.2, 0) is 10.0 Å².